The summed E-state index contributed by atoms with van der Waals surface area (Å²) in [5.74, 6) is 0. The second-order valence-corrected chi connectivity index (χ2v) is 7.99. The number of hydrogen-bond donors (Lipinski definition) is 1. The van der Waals surface area contributed by atoms with E-state index < -0.39 is 0 Å². The molecule has 1 heterocycles. The van der Waals surface area contributed by atoms with Gasteiger partial charge in [-0.25, -0.2) is 0 Å². The van der Waals surface area contributed by atoms with Crippen LogP contribution in [0.1, 0.15) is 18.4 Å². The zero-order valence-electron chi connectivity index (χ0n) is 17.6. The lowest BCUT2D eigenvalue weighted by atomic mass is 10.1. The number of ether oxygens (including phenoxy) is 1. The lowest BCUT2D eigenvalue weighted by Gasteiger charge is -2.31. The van der Waals surface area contributed by atoms with Crippen LogP contribution in [0.3, 0.4) is 0 Å². The SMILES string of the molecule is C(=NNc1ccc2ccccc2c1)C1=C(N2CCOCC2)C(=Cc2ccccc2)CC1. The van der Waals surface area contributed by atoms with Gasteiger partial charge in [-0.1, -0.05) is 60.7 Å². The van der Waals surface area contributed by atoms with Gasteiger partial charge in [0.05, 0.1) is 25.1 Å². The Morgan fingerprint density at radius 1 is 0.839 bits per heavy atom. The predicted octanol–water partition coefficient (Wildman–Crippen LogP) is 5.70. The van der Waals surface area contributed by atoms with Crippen LogP contribution in [0.4, 0.5) is 5.69 Å². The summed E-state index contributed by atoms with van der Waals surface area (Å²) < 4.78 is 5.59. The first-order valence-corrected chi connectivity index (χ1v) is 11.0. The van der Waals surface area contributed by atoms with Crippen LogP contribution in [0.2, 0.25) is 0 Å². The molecule has 1 aliphatic carbocycles. The molecule has 1 saturated heterocycles. The molecule has 3 aromatic carbocycles. The summed E-state index contributed by atoms with van der Waals surface area (Å²) in [5, 5.41) is 7.05. The Bertz CT molecular complexity index is 1140. The summed E-state index contributed by atoms with van der Waals surface area (Å²) in [7, 11) is 0. The number of morpholine rings is 1. The molecule has 0 atom stereocenters. The van der Waals surface area contributed by atoms with Crippen molar-refractivity contribution < 1.29 is 4.74 Å². The van der Waals surface area contributed by atoms with Gasteiger partial charge in [0.15, 0.2) is 0 Å². The van der Waals surface area contributed by atoms with Crippen molar-refractivity contribution in [2.24, 2.45) is 5.10 Å². The van der Waals surface area contributed by atoms with Crippen LogP contribution in [-0.4, -0.2) is 37.4 Å². The van der Waals surface area contributed by atoms with Crippen LogP contribution < -0.4 is 5.43 Å². The summed E-state index contributed by atoms with van der Waals surface area (Å²) in [5.41, 5.74) is 9.48. The smallest absolute Gasteiger partial charge is 0.0642 e. The molecule has 0 saturated carbocycles. The molecule has 1 fully saturated rings. The molecular weight excluding hydrogens is 382 g/mol. The van der Waals surface area contributed by atoms with E-state index in [0.29, 0.717) is 0 Å². The van der Waals surface area contributed by atoms with Gasteiger partial charge in [-0.05, 0) is 58.5 Å². The third kappa shape index (κ3) is 4.54. The standard InChI is InChI=1S/C27H27N3O/c1-2-6-21(7-3-1)18-24-10-11-25(27(24)30-14-16-31-17-15-30)20-28-29-26-13-12-22-8-4-5-9-23(22)19-26/h1-9,12-13,18-20,29H,10-11,14-17H2. The number of anilines is 1. The molecule has 0 radical (unpaired) electrons. The third-order valence-corrected chi connectivity index (χ3v) is 5.90. The highest BCUT2D eigenvalue weighted by molar-refractivity contribution is 5.87. The van der Waals surface area contributed by atoms with Gasteiger partial charge >= 0.3 is 0 Å². The molecule has 0 unspecified atom stereocenters. The average molecular weight is 410 g/mol. The summed E-state index contributed by atoms with van der Waals surface area (Å²) in [6, 6.07) is 25.3. The Balaban J connectivity index is 1.41. The molecule has 5 rings (SSSR count). The van der Waals surface area contributed by atoms with E-state index in [0.717, 1.165) is 44.8 Å². The second kappa shape index (κ2) is 9.19. The van der Waals surface area contributed by atoms with E-state index in [1.165, 1.54) is 33.2 Å². The fraction of sp³-hybridized carbons (Fsp3) is 0.222. The van der Waals surface area contributed by atoms with E-state index in [4.69, 9.17) is 4.74 Å². The van der Waals surface area contributed by atoms with Crippen molar-refractivity contribution in [2.45, 2.75) is 12.8 Å². The Kier molecular flexibility index (Phi) is 5.81. The highest BCUT2D eigenvalue weighted by atomic mass is 16.5. The number of nitrogens with one attached hydrogen (secondary N) is 1. The van der Waals surface area contributed by atoms with Gasteiger partial charge in [0.1, 0.15) is 0 Å². The fourth-order valence-corrected chi connectivity index (χ4v) is 4.37. The molecule has 156 valence electrons. The van der Waals surface area contributed by atoms with Crippen molar-refractivity contribution in [1.82, 2.24) is 4.90 Å². The monoisotopic (exact) mass is 409 g/mol. The van der Waals surface area contributed by atoms with E-state index in [9.17, 15) is 0 Å². The molecule has 1 aliphatic heterocycles. The summed E-state index contributed by atoms with van der Waals surface area (Å²) >= 11 is 0. The number of nitrogens with zero attached hydrogens (tertiary/aromatic N) is 2. The van der Waals surface area contributed by atoms with Gasteiger partial charge < -0.3 is 9.64 Å². The number of hydrazone groups is 1. The van der Waals surface area contributed by atoms with E-state index in [1.807, 2.05) is 6.21 Å². The summed E-state index contributed by atoms with van der Waals surface area (Å²) in [6.07, 6.45) is 6.38. The van der Waals surface area contributed by atoms with Gasteiger partial charge in [-0.15, -0.1) is 0 Å². The Morgan fingerprint density at radius 2 is 1.61 bits per heavy atom. The quantitative estimate of drug-likeness (QED) is 0.434. The van der Waals surface area contributed by atoms with Crippen LogP contribution in [0.15, 0.2) is 94.7 Å². The van der Waals surface area contributed by atoms with Gasteiger partial charge in [-0.3, -0.25) is 5.43 Å². The van der Waals surface area contributed by atoms with Crippen molar-refractivity contribution in [2.75, 3.05) is 31.7 Å². The van der Waals surface area contributed by atoms with Gasteiger partial charge in [0, 0.05) is 18.8 Å². The molecule has 0 amide bonds. The first kappa shape index (κ1) is 19.6. The second-order valence-electron chi connectivity index (χ2n) is 7.99. The summed E-state index contributed by atoms with van der Waals surface area (Å²) in [4.78, 5) is 2.46. The lowest BCUT2D eigenvalue weighted by molar-refractivity contribution is 0.0548. The van der Waals surface area contributed by atoms with E-state index in [-0.39, 0.29) is 0 Å². The van der Waals surface area contributed by atoms with Crippen molar-refractivity contribution in [3.8, 4) is 0 Å². The maximum absolute atomic E-state index is 5.59. The highest BCUT2D eigenvalue weighted by Gasteiger charge is 2.25. The Labute approximate surface area is 183 Å². The normalized spacial score (nSPS) is 18.5. The molecule has 0 spiro atoms. The van der Waals surface area contributed by atoms with Crippen molar-refractivity contribution in [1.29, 1.82) is 0 Å². The first-order chi connectivity index (χ1) is 15.4. The number of benzene rings is 3. The largest absolute Gasteiger partial charge is 0.378 e. The van der Waals surface area contributed by atoms with E-state index in [2.05, 4.69) is 94.3 Å². The van der Waals surface area contributed by atoms with Crippen LogP contribution >= 0.6 is 0 Å². The zero-order chi connectivity index (χ0) is 20.9. The molecule has 2 aliphatic rings. The summed E-state index contributed by atoms with van der Waals surface area (Å²) in [6.45, 7) is 3.41. The Morgan fingerprint density at radius 3 is 2.45 bits per heavy atom. The molecule has 31 heavy (non-hydrogen) atoms. The molecule has 0 bridgehead atoms. The zero-order valence-corrected chi connectivity index (χ0v) is 17.6. The van der Waals surface area contributed by atoms with Crippen LogP contribution in [0, 0.1) is 0 Å². The maximum Gasteiger partial charge on any atom is 0.0642 e. The topological polar surface area (TPSA) is 36.9 Å². The van der Waals surface area contributed by atoms with E-state index >= 15 is 0 Å². The fourth-order valence-electron chi connectivity index (χ4n) is 4.37. The molecular formula is C27H27N3O. The average Bonchev–Trinajstić information content (AvgIpc) is 3.22. The van der Waals surface area contributed by atoms with Gasteiger partial charge in [-0.2, -0.15) is 5.10 Å². The van der Waals surface area contributed by atoms with Gasteiger partial charge in [0.25, 0.3) is 0 Å². The predicted molar refractivity (Wildman–Crippen MR) is 129 cm³/mol. The molecule has 1 N–H and O–H groups in total. The first-order valence-electron chi connectivity index (χ1n) is 11.0. The van der Waals surface area contributed by atoms with Crippen LogP contribution in [-0.2, 0) is 4.74 Å². The number of rotatable bonds is 5. The lowest BCUT2D eigenvalue weighted by Crippen LogP contribution is -2.36. The minimum absolute atomic E-state index is 0.780. The maximum atomic E-state index is 5.59. The minimum Gasteiger partial charge on any atom is -0.378 e. The highest BCUT2D eigenvalue weighted by Crippen LogP contribution is 2.35. The van der Waals surface area contributed by atoms with Crippen molar-refractivity contribution in [3.05, 3.63) is 95.2 Å². The third-order valence-electron chi connectivity index (χ3n) is 5.90. The van der Waals surface area contributed by atoms with Crippen molar-refractivity contribution in [3.63, 3.8) is 0 Å². The molecule has 0 aromatic heterocycles. The van der Waals surface area contributed by atoms with Crippen molar-refractivity contribution >= 4 is 28.8 Å². The van der Waals surface area contributed by atoms with Crippen LogP contribution in [0.5, 0.6) is 0 Å². The number of hydrogen-bond acceptors (Lipinski definition) is 4. The molecule has 3 aromatic rings. The molecule has 4 nitrogen and oxygen atoms in total. The molecule has 4 heteroatoms. The Hall–Kier alpha value is -3.37. The minimum atomic E-state index is 0.780. The van der Waals surface area contributed by atoms with E-state index in [1.54, 1.807) is 0 Å². The van der Waals surface area contributed by atoms with Gasteiger partial charge in [0.2, 0.25) is 0 Å². The number of fused-ring (bicyclic) bond motifs is 1. The number of allylic oxidation sites excluding steroid dienone is 2. The van der Waals surface area contributed by atoms with Crippen LogP contribution in [0.25, 0.3) is 16.8 Å².